The Balaban J connectivity index is 1.33. The van der Waals surface area contributed by atoms with Crippen LogP contribution in [0.1, 0.15) is 56.0 Å². The van der Waals surface area contributed by atoms with Crippen LogP contribution in [0.25, 0.3) is 11.1 Å². The zero-order chi connectivity index (χ0) is 31.7. The minimum Gasteiger partial charge on any atom is -0.476 e. The van der Waals surface area contributed by atoms with Gasteiger partial charge in [0.25, 0.3) is 5.91 Å². The Hall–Kier alpha value is -4.19. The number of rotatable bonds is 12. The van der Waals surface area contributed by atoms with E-state index in [4.69, 9.17) is 9.47 Å². The number of likely N-dealkylation sites (tertiary alicyclic amines) is 1. The molecule has 1 N–H and O–H groups in total. The first-order chi connectivity index (χ1) is 21.2. The molecule has 1 aromatic heterocycles. The molecule has 12 heteroatoms. The van der Waals surface area contributed by atoms with E-state index in [1.54, 1.807) is 29.2 Å². The zero-order valence-electron chi connectivity index (χ0n) is 25.2. The van der Waals surface area contributed by atoms with E-state index in [0.29, 0.717) is 86.4 Å². The van der Waals surface area contributed by atoms with E-state index < -0.39 is 11.7 Å². The first-order valence-electron chi connectivity index (χ1n) is 14.9. The van der Waals surface area contributed by atoms with Crippen LogP contribution in [0.5, 0.6) is 11.8 Å². The number of anilines is 1. The molecule has 2 heterocycles. The lowest BCUT2D eigenvalue weighted by atomic mass is 9.97. The molecule has 0 unspecified atom stereocenters. The number of benzene rings is 2. The second-order valence-corrected chi connectivity index (χ2v) is 10.3. The maximum absolute atomic E-state index is 13.3. The molecule has 0 saturated carbocycles. The van der Waals surface area contributed by atoms with Crippen molar-refractivity contribution in [2.45, 2.75) is 52.3 Å². The van der Waals surface area contributed by atoms with Crippen molar-refractivity contribution >= 4 is 17.5 Å². The third kappa shape index (κ3) is 8.04. The molecular weight excluding hydrogens is 575 g/mol. The van der Waals surface area contributed by atoms with E-state index in [-0.39, 0.29) is 24.3 Å². The van der Waals surface area contributed by atoms with Crippen molar-refractivity contribution in [1.82, 2.24) is 20.2 Å². The molecule has 1 fully saturated rings. The molecular formula is C32H38F3N5O4. The van der Waals surface area contributed by atoms with E-state index in [1.807, 2.05) is 20.8 Å². The number of alkyl halides is 3. The van der Waals surface area contributed by atoms with Gasteiger partial charge in [0.1, 0.15) is 6.33 Å². The number of piperidine rings is 1. The molecule has 0 atom stereocenters. The Morgan fingerprint density at radius 2 is 1.57 bits per heavy atom. The van der Waals surface area contributed by atoms with Crippen LogP contribution in [0.15, 0.2) is 54.9 Å². The number of carbonyl (C=O) groups excluding carboxylic acids is 2. The maximum Gasteiger partial charge on any atom is 0.416 e. The van der Waals surface area contributed by atoms with Crippen LogP contribution in [-0.2, 0) is 11.0 Å². The molecule has 9 nitrogen and oxygen atoms in total. The Morgan fingerprint density at radius 1 is 0.955 bits per heavy atom. The lowest BCUT2D eigenvalue weighted by molar-refractivity contribution is -0.137. The summed E-state index contributed by atoms with van der Waals surface area (Å²) in [5, 5.41) is 3.09. The Bertz CT molecular complexity index is 1390. The smallest absolute Gasteiger partial charge is 0.416 e. The number of nitrogens with zero attached hydrogens (tertiary/aromatic N) is 4. The monoisotopic (exact) mass is 613 g/mol. The highest BCUT2D eigenvalue weighted by Gasteiger charge is 2.30. The number of carbonyl (C=O) groups is 2. The molecule has 0 radical (unpaired) electrons. The number of hydrogen-bond acceptors (Lipinski definition) is 7. The van der Waals surface area contributed by atoms with Gasteiger partial charge in [0.15, 0.2) is 5.69 Å². The summed E-state index contributed by atoms with van der Waals surface area (Å²) in [5.74, 6) is 0.239. The molecule has 0 bridgehead atoms. The summed E-state index contributed by atoms with van der Waals surface area (Å²) in [6, 6.07) is 11.6. The van der Waals surface area contributed by atoms with Gasteiger partial charge in [-0.15, -0.1) is 0 Å². The SMILES string of the molecule is CCOc1ncnc(OCC)c1N(CC)C(=O)CCN1CCC(NC(=O)c2ccccc2-c2ccc(C(F)(F)F)cc2)CC1. The summed E-state index contributed by atoms with van der Waals surface area (Å²) in [7, 11) is 0. The van der Waals surface area contributed by atoms with Gasteiger partial charge in [-0.05, 0) is 62.9 Å². The fourth-order valence-electron chi connectivity index (χ4n) is 5.25. The Morgan fingerprint density at radius 3 is 2.14 bits per heavy atom. The lowest BCUT2D eigenvalue weighted by Gasteiger charge is -2.33. The minimum atomic E-state index is -4.43. The molecule has 0 spiro atoms. The molecule has 1 saturated heterocycles. The number of nitrogens with one attached hydrogen (secondary N) is 1. The highest BCUT2D eigenvalue weighted by atomic mass is 19.4. The number of halogens is 3. The average molecular weight is 614 g/mol. The van der Waals surface area contributed by atoms with Gasteiger partial charge in [-0.25, -0.2) is 0 Å². The predicted octanol–water partition coefficient (Wildman–Crippen LogP) is 5.60. The number of amides is 2. The molecule has 3 aromatic rings. The van der Waals surface area contributed by atoms with Crippen LogP contribution < -0.4 is 19.7 Å². The van der Waals surface area contributed by atoms with Gasteiger partial charge in [-0.3, -0.25) is 9.59 Å². The summed E-state index contributed by atoms with van der Waals surface area (Å²) in [4.78, 5) is 38.8. The van der Waals surface area contributed by atoms with Crippen molar-refractivity contribution in [2.75, 3.05) is 44.3 Å². The van der Waals surface area contributed by atoms with Gasteiger partial charge in [0.2, 0.25) is 17.7 Å². The number of aromatic nitrogens is 2. The summed E-state index contributed by atoms with van der Waals surface area (Å²) < 4.78 is 50.4. The fraction of sp³-hybridized carbons (Fsp3) is 0.438. The molecule has 44 heavy (non-hydrogen) atoms. The third-order valence-corrected chi connectivity index (χ3v) is 7.46. The first-order valence-corrected chi connectivity index (χ1v) is 14.9. The van der Waals surface area contributed by atoms with E-state index in [2.05, 4.69) is 20.2 Å². The van der Waals surface area contributed by atoms with Crippen LogP contribution in [0.3, 0.4) is 0 Å². The van der Waals surface area contributed by atoms with Crippen LogP contribution in [0, 0.1) is 0 Å². The van der Waals surface area contributed by atoms with Gasteiger partial charge >= 0.3 is 6.18 Å². The Labute approximate surface area is 255 Å². The molecule has 0 aliphatic carbocycles. The zero-order valence-corrected chi connectivity index (χ0v) is 25.2. The fourth-order valence-corrected chi connectivity index (χ4v) is 5.25. The Kier molecular flexibility index (Phi) is 11.2. The van der Waals surface area contributed by atoms with Crippen molar-refractivity contribution in [3.05, 3.63) is 66.0 Å². The second kappa shape index (κ2) is 15.0. The van der Waals surface area contributed by atoms with Crippen molar-refractivity contribution < 1.29 is 32.2 Å². The molecule has 4 rings (SSSR count). The van der Waals surface area contributed by atoms with Gasteiger partial charge in [-0.1, -0.05) is 30.3 Å². The van der Waals surface area contributed by atoms with Gasteiger partial charge < -0.3 is 24.6 Å². The van der Waals surface area contributed by atoms with Crippen molar-refractivity contribution in [3.8, 4) is 22.9 Å². The number of hydrogen-bond donors (Lipinski definition) is 1. The van der Waals surface area contributed by atoms with E-state index in [9.17, 15) is 22.8 Å². The van der Waals surface area contributed by atoms with Crippen LogP contribution in [0.2, 0.25) is 0 Å². The predicted molar refractivity (Wildman–Crippen MR) is 161 cm³/mol. The number of ether oxygens (including phenoxy) is 2. The lowest BCUT2D eigenvalue weighted by Crippen LogP contribution is -2.45. The second-order valence-electron chi connectivity index (χ2n) is 10.3. The van der Waals surface area contributed by atoms with Gasteiger partial charge in [0, 0.05) is 44.2 Å². The molecule has 1 aliphatic rings. The van der Waals surface area contributed by atoms with Crippen LogP contribution >= 0.6 is 0 Å². The largest absolute Gasteiger partial charge is 0.476 e. The summed E-state index contributed by atoms with van der Waals surface area (Å²) >= 11 is 0. The average Bonchev–Trinajstić information content (AvgIpc) is 3.02. The first kappa shape index (κ1) is 32.7. The van der Waals surface area contributed by atoms with E-state index >= 15 is 0 Å². The molecule has 2 aromatic carbocycles. The standard InChI is InChI=1S/C32H38F3N5O4/c1-4-40(28-30(43-5-2)36-21-37-31(28)44-6-3)27(41)17-20-39-18-15-24(16-19-39)38-29(42)26-10-8-7-9-25(26)22-11-13-23(14-12-22)32(33,34)35/h7-14,21,24H,4-6,15-20H2,1-3H3,(H,38,42). The van der Waals surface area contributed by atoms with Crippen molar-refractivity contribution in [1.29, 1.82) is 0 Å². The van der Waals surface area contributed by atoms with E-state index in [1.165, 1.54) is 18.5 Å². The quantitative estimate of drug-likeness (QED) is 0.284. The van der Waals surface area contributed by atoms with E-state index in [0.717, 1.165) is 12.1 Å². The summed E-state index contributed by atoms with van der Waals surface area (Å²) in [6.07, 6.45) is -1.39. The van der Waals surface area contributed by atoms with Crippen molar-refractivity contribution in [3.63, 3.8) is 0 Å². The van der Waals surface area contributed by atoms with Gasteiger partial charge in [-0.2, -0.15) is 23.1 Å². The highest BCUT2D eigenvalue weighted by molar-refractivity contribution is 6.01. The summed E-state index contributed by atoms with van der Waals surface area (Å²) in [5.41, 5.74) is 1.20. The minimum absolute atomic E-state index is 0.0637. The highest BCUT2D eigenvalue weighted by Crippen LogP contribution is 2.35. The van der Waals surface area contributed by atoms with Gasteiger partial charge in [0.05, 0.1) is 18.8 Å². The third-order valence-electron chi connectivity index (χ3n) is 7.46. The van der Waals surface area contributed by atoms with Crippen LogP contribution in [0.4, 0.5) is 18.9 Å². The molecule has 2 amide bonds. The summed E-state index contributed by atoms with van der Waals surface area (Å²) in [6.45, 7) is 8.67. The normalized spacial score (nSPS) is 14.2. The molecule has 236 valence electrons. The van der Waals surface area contributed by atoms with Crippen LogP contribution in [-0.4, -0.2) is 72.1 Å². The topological polar surface area (TPSA) is 96.9 Å². The van der Waals surface area contributed by atoms with Crippen molar-refractivity contribution in [2.24, 2.45) is 0 Å². The molecule has 1 aliphatic heterocycles. The maximum atomic E-state index is 13.3.